The van der Waals surface area contributed by atoms with Crippen LogP contribution >= 0.6 is 0 Å². The third-order valence-electron chi connectivity index (χ3n) is 5.90. The van der Waals surface area contributed by atoms with Gasteiger partial charge >= 0.3 is 0 Å². The summed E-state index contributed by atoms with van der Waals surface area (Å²) in [7, 11) is 0. The van der Waals surface area contributed by atoms with E-state index in [1.807, 2.05) is 48.9 Å². The molecule has 4 rings (SSSR count). The van der Waals surface area contributed by atoms with Gasteiger partial charge in [0, 0.05) is 19.6 Å². The van der Waals surface area contributed by atoms with Crippen molar-refractivity contribution in [2.45, 2.75) is 26.3 Å². The van der Waals surface area contributed by atoms with E-state index in [-0.39, 0.29) is 17.8 Å². The highest BCUT2D eigenvalue weighted by atomic mass is 19.1. The first-order valence-corrected chi connectivity index (χ1v) is 11.1. The molecule has 2 heterocycles. The maximum Gasteiger partial charge on any atom is 0.254 e. The van der Waals surface area contributed by atoms with Crippen LogP contribution in [-0.4, -0.2) is 53.4 Å². The maximum absolute atomic E-state index is 13.9. The Hall–Kier alpha value is -3.03. The number of carbonyl (C=O) groups is 1. The predicted molar refractivity (Wildman–Crippen MR) is 122 cm³/mol. The van der Waals surface area contributed by atoms with E-state index in [4.69, 9.17) is 4.74 Å². The SMILES string of the molecule is CCc1c(C(=O)NCC(c2cccc(F)c2)N2CCOCC2)cnn1-c1ccc(C)cc1. The van der Waals surface area contributed by atoms with Crippen molar-refractivity contribution in [3.63, 3.8) is 0 Å². The number of hydrogen-bond donors (Lipinski definition) is 1. The molecule has 0 spiro atoms. The molecule has 1 N–H and O–H groups in total. The summed E-state index contributed by atoms with van der Waals surface area (Å²) in [5, 5.41) is 7.54. The van der Waals surface area contributed by atoms with Crippen molar-refractivity contribution in [3.8, 4) is 5.69 Å². The van der Waals surface area contributed by atoms with Crippen LogP contribution in [0, 0.1) is 12.7 Å². The van der Waals surface area contributed by atoms with Gasteiger partial charge in [-0.3, -0.25) is 9.69 Å². The van der Waals surface area contributed by atoms with Crippen molar-refractivity contribution < 1.29 is 13.9 Å². The van der Waals surface area contributed by atoms with Crippen molar-refractivity contribution >= 4 is 5.91 Å². The molecule has 0 radical (unpaired) electrons. The minimum atomic E-state index is -0.278. The van der Waals surface area contributed by atoms with Crippen molar-refractivity contribution in [1.29, 1.82) is 0 Å². The minimum absolute atomic E-state index is 0.129. The van der Waals surface area contributed by atoms with Gasteiger partial charge in [-0.25, -0.2) is 9.07 Å². The largest absolute Gasteiger partial charge is 0.379 e. The highest BCUT2D eigenvalue weighted by Gasteiger charge is 2.25. The molecule has 6 nitrogen and oxygen atoms in total. The summed E-state index contributed by atoms with van der Waals surface area (Å²) in [5.74, 6) is -0.449. The molecule has 1 aromatic heterocycles. The molecule has 3 aromatic rings. The Morgan fingerprint density at radius 2 is 1.94 bits per heavy atom. The fourth-order valence-electron chi connectivity index (χ4n) is 4.16. The van der Waals surface area contributed by atoms with E-state index in [9.17, 15) is 9.18 Å². The number of amides is 1. The standard InChI is InChI=1S/C25H29FN4O2/c1-3-23-22(16-28-30(23)21-9-7-18(2)8-10-21)25(31)27-17-24(29-11-13-32-14-12-29)19-5-4-6-20(26)15-19/h4-10,15-16,24H,3,11-14,17H2,1-2H3,(H,27,31). The molecule has 1 fully saturated rings. The summed E-state index contributed by atoms with van der Waals surface area (Å²) in [4.78, 5) is 15.4. The monoisotopic (exact) mass is 436 g/mol. The number of ether oxygens (including phenoxy) is 1. The van der Waals surface area contributed by atoms with Gasteiger partial charge < -0.3 is 10.1 Å². The van der Waals surface area contributed by atoms with Gasteiger partial charge in [0.1, 0.15) is 5.82 Å². The lowest BCUT2D eigenvalue weighted by Crippen LogP contribution is -2.44. The van der Waals surface area contributed by atoms with E-state index in [1.165, 1.54) is 11.6 Å². The van der Waals surface area contributed by atoms with Crippen molar-refractivity contribution in [3.05, 3.63) is 82.9 Å². The van der Waals surface area contributed by atoms with Gasteiger partial charge in [0.25, 0.3) is 5.91 Å². The average molecular weight is 437 g/mol. The number of rotatable bonds is 7. The minimum Gasteiger partial charge on any atom is -0.379 e. The first kappa shape index (κ1) is 22.2. The fourth-order valence-corrected chi connectivity index (χ4v) is 4.16. The molecule has 0 saturated carbocycles. The third-order valence-corrected chi connectivity index (χ3v) is 5.90. The topological polar surface area (TPSA) is 59.4 Å². The molecule has 2 aromatic carbocycles. The highest BCUT2D eigenvalue weighted by molar-refractivity contribution is 5.95. The molecular weight excluding hydrogens is 407 g/mol. The zero-order valence-electron chi connectivity index (χ0n) is 18.6. The van der Waals surface area contributed by atoms with E-state index >= 15 is 0 Å². The Labute approximate surface area is 188 Å². The molecule has 1 aliphatic rings. The first-order chi connectivity index (χ1) is 15.6. The summed E-state index contributed by atoms with van der Waals surface area (Å²) < 4.78 is 21.2. The number of nitrogens with zero attached hydrogens (tertiary/aromatic N) is 3. The molecule has 1 saturated heterocycles. The second-order valence-corrected chi connectivity index (χ2v) is 8.04. The number of benzene rings is 2. The third kappa shape index (κ3) is 4.89. The van der Waals surface area contributed by atoms with Crippen LogP contribution in [0.3, 0.4) is 0 Å². The van der Waals surface area contributed by atoms with Gasteiger partial charge in [0.05, 0.1) is 42.4 Å². The van der Waals surface area contributed by atoms with Crippen LogP contribution in [0.2, 0.25) is 0 Å². The number of hydrogen-bond acceptors (Lipinski definition) is 4. The Kier molecular flexibility index (Phi) is 6.97. The number of aromatic nitrogens is 2. The molecule has 1 aliphatic heterocycles. The van der Waals surface area contributed by atoms with Crippen LogP contribution < -0.4 is 5.32 Å². The van der Waals surface area contributed by atoms with Crippen molar-refractivity contribution in [2.24, 2.45) is 0 Å². The predicted octanol–water partition coefficient (Wildman–Crippen LogP) is 3.69. The number of morpholine rings is 1. The summed E-state index contributed by atoms with van der Waals surface area (Å²) >= 11 is 0. The van der Waals surface area contributed by atoms with E-state index in [2.05, 4.69) is 15.3 Å². The number of carbonyl (C=O) groups excluding carboxylic acids is 1. The van der Waals surface area contributed by atoms with Gasteiger partial charge in [0.15, 0.2) is 0 Å². The molecule has 1 amide bonds. The summed E-state index contributed by atoms with van der Waals surface area (Å²) in [6, 6.07) is 14.5. The first-order valence-electron chi connectivity index (χ1n) is 11.1. The second-order valence-electron chi connectivity index (χ2n) is 8.04. The van der Waals surface area contributed by atoms with Crippen molar-refractivity contribution in [2.75, 3.05) is 32.8 Å². The summed E-state index contributed by atoms with van der Waals surface area (Å²) in [5.41, 5.74) is 4.37. The van der Waals surface area contributed by atoms with Crippen LogP contribution in [0.5, 0.6) is 0 Å². The maximum atomic E-state index is 13.9. The second kappa shape index (κ2) is 10.1. The zero-order chi connectivity index (χ0) is 22.5. The lowest BCUT2D eigenvalue weighted by Gasteiger charge is -2.35. The molecule has 1 atom stereocenters. The lowest BCUT2D eigenvalue weighted by molar-refractivity contribution is 0.0162. The van der Waals surface area contributed by atoms with E-state index in [0.29, 0.717) is 31.7 Å². The number of halogens is 1. The van der Waals surface area contributed by atoms with Gasteiger partial charge in [-0.05, 0) is 43.2 Å². The van der Waals surface area contributed by atoms with Gasteiger partial charge in [-0.15, -0.1) is 0 Å². The Morgan fingerprint density at radius 1 is 1.19 bits per heavy atom. The Bertz CT molecular complexity index is 1060. The molecule has 168 valence electrons. The van der Waals surface area contributed by atoms with E-state index < -0.39 is 0 Å². The number of nitrogens with one attached hydrogen (secondary N) is 1. The molecular formula is C25H29FN4O2. The fraction of sp³-hybridized carbons (Fsp3) is 0.360. The van der Waals surface area contributed by atoms with Crippen LogP contribution in [-0.2, 0) is 11.2 Å². The molecule has 0 aliphatic carbocycles. The molecule has 7 heteroatoms. The van der Waals surface area contributed by atoms with Crippen LogP contribution in [0.25, 0.3) is 5.69 Å². The van der Waals surface area contributed by atoms with Crippen molar-refractivity contribution in [1.82, 2.24) is 20.0 Å². The van der Waals surface area contributed by atoms with Gasteiger partial charge in [0.2, 0.25) is 0 Å². The molecule has 0 bridgehead atoms. The van der Waals surface area contributed by atoms with Gasteiger partial charge in [-0.2, -0.15) is 5.10 Å². The van der Waals surface area contributed by atoms with Gasteiger partial charge in [-0.1, -0.05) is 36.8 Å². The Balaban J connectivity index is 1.53. The molecule has 1 unspecified atom stereocenters. The van der Waals surface area contributed by atoms with Crippen LogP contribution in [0.1, 0.15) is 40.1 Å². The lowest BCUT2D eigenvalue weighted by atomic mass is 10.0. The van der Waals surface area contributed by atoms with Crippen LogP contribution in [0.15, 0.2) is 54.7 Å². The van der Waals surface area contributed by atoms with E-state index in [0.717, 1.165) is 30.0 Å². The van der Waals surface area contributed by atoms with E-state index in [1.54, 1.807) is 18.3 Å². The average Bonchev–Trinajstić information content (AvgIpc) is 3.24. The highest BCUT2D eigenvalue weighted by Crippen LogP contribution is 2.23. The van der Waals surface area contributed by atoms with Crippen LogP contribution in [0.4, 0.5) is 4.39 Å². The number of aryl methyl sites for hydroxylation is 1. The zero-order valence-corrected chi connectivity index (χ0v) is 18.6. The summed E-state index contributed by atoms with van der Waals surface area (Å²) in [6.07, 6.45) is 2.30. The quantitative estimate of drug-likeness (QED) is 0.614. The Morgan fingerprint density at radius 3 is 2.62 bits per heavy atom. The molecule has 32 heavy (non-hydrogen) atoms. The smallest absolute Gasteiger partial charge is 0.254 e. The summed E-state index contributed by atoms with van der Waals surface area (Å²) in [6.45, 7) is 7.16. The normalized spacial score (nSPS) is 15.5.